The van der Waals surface area contributed by atoms with Crippen LogP contribution in [0.1, 0.15) is 37.8 Å². The lowest BCUT2D eigenvalue weighted by atomic mass is 10.1. The second-order valence-corrected chi connectivity index (χ2v) is 9.16. The van der Waals surface area contributed by atoms with Gasteiger partial charge in [0.15, 0.2) is 0 Å². The Labute approximate surface area is 170 Å². The molecule has 29 heavy (non-hydrogen) atoms. The Morgan fingerprint density at radius 1 is 1.21 bits per heavy atom. The Morgan fingerprint density at radius 3 is 2.52 bits per heavy atom. The summed E-state index contributed by atoms with van der Waals surface area (Å²) in [6, 6.07) is 15.8. The van der Waals surface area contributed by atoms with Crippen molar-refractivity contribution in [1.29, 1.82) is 5.26 Å². The molecule has 1 saturated carbocycles. The number of anilines is 1. The van der Waals surface area contributed by atoms with Crippen molar-refractivity contribution in [2.75, 3.05) is 17.6 Å². The van der Waals surface area contributed by atoms with Crippen molar-refractivity contribution >= 4 is 26.6 Å². The van der Waals surface area contributed by atoms with Crippen LogP contribution in [0.25, 0.3) is 22.2 Å². The van der Waals surface area contributed by atoms with Gasteiger partial charge < -0.3 is 9.30 Å². The molecule has 1 heterocycles. The fourth-order valence-corrected chi connectivity index (χ4v) is 4.86. The molecule has 2 aromatic carbocycles. The summed E-state index contributed by atoms with van der Waals surface area (Å²) in [5, 5.41) is 10.8. The van der Waals surface area contributed by atoms with E-state index in [-0.39, 0.29) is 5.75 Å². The highest BCUT2D eigenvalue weighted by molar-refractivity contribution is 7.92. The van der Waals surface area contributed by atoms with E-state index in [2.05, 4.69) is 15.4 Å². The fourth-order valence-electron chi connectivity index (χ4n) is 3.72. The Balaban J connectivity index is 1.81. The highest BCUT2D eigenvalue weighted by Gasteiger charge is 2.30. The molecule has 1 N–H and O–H groups in total. The smallest absolute Gasteiger partial charge is 0.232 e. The first kappa shape index (κ1) is 19.3. The van der Waals surface area contributed by atoms with Crippen LogP contribution < -0.4 is 9.46 Å². The number of nitrogens with one attached hydrogen (secondary N) is 1. The lowest BCUT2D eigenvalue weighted by Gasteiger charge is -2.12. The summed E-state index contributed by atoms with van der Waals surface area (Å²) in [7, 11) is -1.70. The molecule has 3 aromatic rings. The summed E-state index contributed by atoms with van der Waals surface area (Å²) < 4.78 is 34.2. The molecule has 0 unspecified atom stereocenters. The van der Waals surface area contributed by atoms with E-state index in [0.29, 0.717) is 23.7 Å². The van der Waals surface area contributed by atoms with Gasteiger partial charge in [0.1, 0.15) is 11.8 Å². The van der Waals surface area contributed by atoms with Crippen molar-refractivity contribution in [3.63, 3.8) is 0 Å². The third-order valence-corrected chi connectivity index (χ3v) is 6.63. The van der Waals surface area contributed by atoms with Crippen LogP contribution in [0, 0.1) is 11.3 Å². The SMILES string of the molecule is CCCS(=O)(=O)Nc1ccc(-c2c(C#N)c3ccc(OC)cc3n2C2CC2)cc1. The highest BCUT2D eigenvalue weighted by Crippen LogP contribution is 2.45. The minimum absolute atomic E-state index is 0.0884. The van der Waals surface area contributed by atoms with Gasteiger partial charge in [0.2, 0.25) is 10.0 Å². The van der Waals surface area contributed by atoms with Crippen LogP contribution in [0.15, 0.2) is 42.5 Å². The van der Waals surface area contributed by atoms with Crippen molar-refractivity contribution < 1.29 is 13.2 Å². The van der Waals surface area contributed by atoms with Crippen molar-refractivity contribution in [3.05, 3.63) is 48.0 Å². The number of ether oxygens (including phenoxy) is 1. The van der Waals surface area contributed by atoms with Gasteiger partial charge in [-0.2, -0.15) is 5.26 Å². The van der Waals surface area contributed by atoms with E-state index < -0.39 is 10.0 Å². The predicted molar refractivity (Wildman–Crippen MR) is 115 cm³/mol. The number of nitriles is 1. The van der Waals surface area contributed by atoms with Crippen LogP contribution in [0.4, 0.5) is 5.69 Å². The van der Waals surface area contributed by atoms with Crippen LogP contribution in [-0.4, -0.2) is 25.8 Å². The molecule has 0 bridgehead atoms. The largest absolute Gasteiger partial charge is 0.497 e. The molecular formula is C22H23N3O3S. The van der Waals surface area contributed by atoms with Crippen molar-refractivity contribution in [2.24, 2.45) is 0 Å². The Hall–Kier alpha value is -2.98. The highest BCUT2D eigenvalue weighted by atomic mass is 32.2. The Bertz CT molecular complexity index is 1200. The number of benzene rings is 2. The van der Waals surface area contributed by atoms with Gasteiger partial charge in [0, 0.05) is 23.2 Å². The van der Waals surface area contributed by atoms with Gasteiger partial charge in [-0.05, 0) is 49.1 Å². The summed E-state index contributed by atoms with van der Waals surface area (Å²) in [6.07, 6.45) is 2.71. The zero-order chi connectivity index (χ0) is 20.6. The second kappa shape index (κ2) is 7.45. The van der Waals surface area contributed by atoms with E-state index in [1.807, 2.05) is 37.3 Å². The molecule has 0 aliphatic heterocycles. The molecule has 1 aliphatic rings. The van der Waals surface area contributed by atoms with Gasteiger partial charge in [0.05, 0.1) is 29.6 Å². The third kappa shape index (κ3) is 3.68. The van der Waals surface area contributed by atoms with E-state index in [1.165, 1.54) is 0 Å². The fraction of sp³-hybridized carbons (Fsp3) is 0.318. The molecule has 7 heteroatoms. The lowest BCUT2D eigenvalue weighted by Crippen LogP contribution is -2.15. The Kier molecular flexibility index (Phi) is 4.97. The van der Waals surface area contributed by atoms with Crippen LogP contribution >= 0.6 is 0 Å². The topological polar surface area (TPSA) is 84.1 Å². The molecule has 0 spiro atoms. The van der Waals surface area contributed by atoms with Crippen molar-refractivity contribution in [3.8, 4) is 23.1 Å². The molecule has 1 aromatic heterocycles. The van der Waals surface area contributed by atoms with Crippen LogP contribution in [0.3, 0.4) is 0 Å². The predicted octanol–water partition coefficient (Wildman–Crippen LogP) is 4.68. The van der Waals surface area contributed by atoms with Gasteiger partial charge in [-0.15, -0.1) is 0 Å². The van der Waals surface area contributed by atoms with Gasteiger partial charge in [0.25, 0.3) is 0 Å². The minimum atomic E-state index is -3.34. The first-order valence-corrected chi connectivity index (χ1v) is 11.4. The standard InChI is InChI=1S/C22H23N3O3S/c1-3-12-29(26,27)24-16-6-4-15(5-7-16)22-20(14-23)19-11-10-18(28-2)13-21(19)25(22)17-8-9-17/h4-7,10-11,13,17,24H,3,8-9,12H2,1-2H3. The molecule has 1 aliphatic carbocycles. The quantitative estimate of drug-likeness (QED) is 0.614. The lowest BCUT2D eigenvalue weighted by molar-refractivity contribution is 0.415. The molecule has 0 atom stereocenters. The van der Waals surface area contributed by atoms with Crippen LogP contribution in [-0.2, 0) is 10.0 Å². The zero-order valence-corrected chi connectivity index (χ0v) is 17.3. The van der Waals surface area contributed by atoms with Gasteiger partial charge in [-0.3, -0.25) is 4.72 Å². The number of fused-ring (bicyclic) bond motifs is 1. The summed E-state index contributed by atoms with van der Waals surface area (Å²) in [5.74, 6) is 0.846. The van der Waals surface area contributed by atoms with E-state index in [0.717, 1.165) is 40.8 Å². The molecule has 0 radical (unpaired) electrons. The minimum Gasteiger partial charge on any atom is -0.497 e. The first-order chi connectivity index (χ1) is 14.0. The molecule has 0 saturated heterocycles. The number of sulfonamides is 1. The van der Waals surface area contributed by atoms with Gasteiger partial charge in [-0.25, -0.2) is 8.42 Å². The van der Waals surface area contributed by atoms with Crippen molar-refractivity contribution in [1.82, 2.24) is 4.57 Å². The maximum absolute atomic E-state index is 12.0. The van der Waals surface area contributed by atoms with Gasteiger partial charge in [-0.1, -0.05) is 19.1 Å². The number of hydrogen-bond donors (Lipinski definition) is 1. The van der Waals surface area contributed by atoms with E-state index >= 15 is 0 Å². The van der Waals surface area contributed by atoms with Crippen LogP contribution in [0.2, 0.25) is 0 Å². The first-order valence-electron chi connectivity index (χ1n) is 9.70. The summed E-state index contributed by atoms with van der Waals surface area (Å²) in [5.41, 5.74) is 3.92. The number of aromatic nitrogens is 1. The van der Waals surface area contributed by atoms with E-state index in [1.54, 1.807) is 19.2 Å². The number of rotatable bonds is 7. The van der Waals surface area contributed by atoms with E-state index in [9.17, 15) is 13.7 Å². The second-order valence-electron chi connectivity index (χ2n) is 7.32. The van der Waals surface area contributed by atoms with E-state index in [4.69, 9.17) is 4.74 Å². The number of hydrogen-bond acceptors (Lipinski definition) is 4. The maximum Gasteiger partial charge on any atom is 0.232 e. The molecule has 1 fully saturated rings. The van der Waals surface area contributed by atoms with Gasteiger partial charge >= 0.3 is 0 Å². The molecule has 6 nitrogen and oxygen atoms in total. The Morgan fingerprint density at radius 2 is 1.93 bits per heavy atom. The molecule has 150 valence electrons. The normalized spacial score (nSPS) is 14.0. The summed E-state index contributed by atoms with van der Waals surface area (Å²) in [6.45, 7) is 1.83. The molecule has 0 amide bonds. The number of nitrogens with zero attached hydrogens (tertiary/aromatic N) is 2. The maximum atomic E-state index is 12.0. The molecular weight excluding hydrogens is 386 g/mol. The monoisotopic (exact) mass is 409 g/mol. The van der Waals surface area contributed by atoms with Crippen molar-refractivity contribution in [2.45, 2.75) is 32.2 Å². The van der Waals surface area contributed by atoms with Crippen LogP contribution in [0.5, 0.6) is 5.75 Å². The zero-order valence-electron chi connectivity index (χ0n) is 16.5. The third-order valence-electron chi connectivity index (χ3n) is 5.14. The summed E-state index contributed by atoms with van der Waals surface area (Å²) >= 11 is 0. The summed E-state index contributed by atoms with van der Waals surface area (Å²) in [4.78, 5) is 0. The average Bonchev–Trinajstić information content (AvgIpc) is 3.49. The average molecular weight is 410 g/mol. The number of methoxy groups -OCH3 is 1. The molecule has 4 rings (SSSR count).